The summed E-state index contributed by atoms with van der Waals surface area (Å²) < 4.78 is 5.37. The van der Waals surface area contributed by atoms with Gasteiger partial charge in [-0.3, -0.25) is 4.79 Å². The summed E-state index contributed by atoms with van der Waals surface area (Å²) in [5.74, 6) is 0.239. The largest absolute Gasteiger partial charge is 0.380 e. The lowest BCUT2D eigenvalue weighted by atomic mass is 9.83. The molecule has 1 amide bonds. The van der Waals surface area contributed by atoms with Crippen molar-refractivity contribution in [3.63, 3.8) is 0 Å². The summed E-state index contributed by atoms with van der Waals surface area (Å²) in [4.78, 5) is 14.4. The summed E-state index contributed by atoms with van der Waals surface area (Å²) in [6.45, 7) is 5.00. The standard InChI is InChI=1S/C12H22N2O2/c1-12(5-2-4-10(12)13)11(15)14-6-3-8-16-9-7-14/h10H,2-9,13H2,1H3. The van der Waals surface area contributed by atoms with Crippen LogP contribution in [0.2, 0.25) is 0 Å². The van der Waals surface area contributed by atoms with Crippen molar-refractivity contribution in [2.75, 3.05) is 26.3 Å². The zero-order valence-corrected chi connectivity index (χ0v) is 10.1. The van der Waals surface area contributed by atoms with E-state index in [1.54, 1.807) is 0 Å². The van der Waals surface area contributed by atoms with Gasteiger partial charge in [0.15, 0.2) is 0 Å². The second kappa shape index (κ2) is 4.72. The number of carbonyl (C=O) groups excluding carboxylic acids is 1. The molecule has 1 aliphatic heterocycles. The van der Waals surface area contributed by atoms with E-state index in [2.05, 4.69) is 0 Å². The monoisotopic (exact) mass is 226 g/mol. The third kappa shape index (κ3) is 2.09. The summed E-state index contributed by atoms with van der Waals surface area (Å²) >= 11 is 0. The van der Waals surface area contributed by atoms with Crippen molar-refractivity contribution < 1.29 is 9.53 Å². The molecule has 92 valence electrons. The Bertz CT molecular complexity index is 262. The summed E-state index contributed by atoms with van der Waals surface area (Å²) in [6.07, 6.45) is 3.93. The molecule has 1 aliphatic carbocycles. The molecule has 0 aromatic rings. The summed E-state index contributed by atoms with van der Waals surface area (Å²) in [5.41, 5.74) is 5.75. The van der Waals surface area contributed by atoms with Crippen LogP contribution in [0.4, 0.5) is 0 Å². The van der Waals surface area contributed by atoms with Crippen LogP contribution >= 0.6 is 0 Å². The van der Waals surface area contributed by atoms with Crippen LogP contribution in [0.5, 0.6) is 0 Å². The summed E-state index contributed by atoms with van der Waals surface area (Å²) in [6, 6.07) is 0.0316. The number of nitrogens with zero attached hydrogens (tertiary/aromatic N) is 1. The van der Waals surface area contributed by atoms with Crippen molar-refractivity contribution in [3.05, 3.63) is 0 Å². The van der Waals surface area contributed by atoms with Gasteiger partial charge in [-0.25, -0.2) is 0 Å². The Morgan fingerprint density at radius 2 is 2.19 bits per heavy atom. The second-order valence-electron chi connectivity index (χ2n) is 5.17. The SMILES string of the molecule is CC1(C(=O)N2CCCOCC2)CCCC1N. The first kappa shape index (κ1) is 11.9. The Hall–Kier alpha value is -0.610. The van der Waals surface area contributed by atoms with Gasteiger partial charge in [-0.05, 0) is 26.2 Å². The van der Waals surface area contributed by atoms with Crippen LogP contribution in [0.3, 0.4) is 0 Å². The average Bonchev–Trinajstić information content (AvgIpc) is 2.53. The highest BCUT2D eigenvalue weighted by molar-refractivity contribution is 5.83. The summed E-state index contributed by atoms with van der Waals surface area (Å²) in [7, 11) is 0. The molecule has 4 heteroatoms. The van der Waals surface area contributed by atoms with Gasteiger partial charge in [0.2, 0.25) is 5.91 Å². The molecule has 2 rings (SSSR count). The molecular formula is C12H22N2O2. The molecule has 2 atom stereocenters. The molecule has 4 nitrogen and oxygen atoms in total. The first-order valence-electron chi connectivity index (χ1n) is 6.27. The zero-order valence-electron chi connectivity index (χ0n) is 10.1. The predicted molar refractivity (Wildman–Crippen MR) is 61.9 cm³/mol. The maximum Gasteiger partial charge on any atom is 0.230 e. The van der Waals surface area contributed by atoms with E-state index in [0.717, 1.165) is 45.4 Å². The maximum atomic E-state index is 12.5. The Morgan fingerprint density at radius 1 is 1.38 bits per heavy atom. The molecular weight excluding hydrogens is 204 g/mol. The van der Waals surface area contributed by atoms with E-state index >= 15 is 0 Å². The maximum absolute atomic E-state index is 12.5. The van der Waals surface area contributed by atoms with E-state index in [1.165, 1.54) is 0 Å². The van der Waals surface area contributed by atoms with Crippen molar-refractivity contribution in [1.82, 2.24) is 4.90 Å². The quantitative estimate of drug-likeness (QED) is 0.718. The number of nitrogens with two attached hydrogens (primary N) is 1. The molecule has 0 aromatic heterocycles. The topological polar surface area (TPSA) is 55.6 Å². The van der Waals surface area contributed by atoms with Crippen molar-refractivity contribution in [2.45, 2.75) is 38.6 Å². The van der Waals surface area contributed by atoms with E-state index < -0.39 is 0 Å². The number of amides is 1. The third-order valence-corrected chi connectivity index (χ3v) is 4.03. The molecule has 0 aromatic carbocycles. The fourth-order valence-electron chi connectivity index (χ4n) is 2.77. The van der Waals surface area contributed by atoms with Gasteiger partial charge in [-0.2, -0.15) is 0 Å². The van der Waals surface area contributed by atoms with E-state index in [9.17, 15) is 4.79 Å². The van der Waals surface area contributed by atoms with Gasteiger partial charge in [0.1, 0.15) is 0 Å². The Balaban J connectivity index is 2.05. The van der Waals surface area contributed by atoms with Gasteiger partial charge in [0.25, 0.3) is 0 Å². The molecule has 2 fully saturated rings. The van der Waals surface area contributed by atoms with Crippen LogP contribution in [0.15, 0.2) is 0 Å². The number of hydrogen-bond acceptors (Lipinski definition) is 3. The normalized spacial score (nSPS) is 36.1. The number of rotatable bonds is 1. The van der Waals surface area contributed by atoms with Crippen LogP contribution < -0.4 is 5.73 Å². The Kier molecular flexibility index (Phi) is 3.50. The number of hydrogen-bond donors (Lipinski definition) is 1. The van der Waals surface area contributed by atoms with Gasteiger partial charge >= 0.3 is 0 Å². The fourth-order valence-corrected chi connectivity index (χ4v) is 2.77. The van der Waals surface area contributed by atoms with E-state index in [0.29, 0.717) is 6.61 Å². The van der Waals surface area contributed by atoms with Gasteiger partial charge in [-0.1, -0.05) is 6.42 Å². The van der Waals surface area contributed by atoms with Crippen LogP contribution in [-0.2, 0) is 9.53 Å². The molecule has 2 aliphatic rings. The predicted octanol–water partition coefficient (Wildman–Crippen LogP) is 0.753. The molecule has 2 unspecified atom stereocenters. The van der Waals surface area contributed by atoms with E-state index in [1.807, 2.05) is 11.8 Å². The van der Waals surface area contributed by atoms with Crippen molar-refractivity contribution in [1.29, 1.82) is 0 Å². The zero-order chi connectivity index (χ0) is 11.6. The molecule has 2 N–H and O–H groups in total. The third-order valence-electron chi connectivity index (χ3n) is 4.03. The lowest BCUT2D eigenvalue weighted by Crippen LogP contribution is -2.49. The van der Waals surface area contributed by atoms with Crippen molar-refractivity contribution >= 4 is 5.91 Å². The van der Waals surface area contributed by atoms with Crippen LogP contribution in [-0.4, -0.2) is 43.2 Å². The first-order chi connectivity index (χ1) is 7.64. The van der Waals surface area contributed by atoms with Crippen LogP contribution in [0.25, 0.3) is 0 Å². The fraction of sp³-hybridized carbons (Fsp3) is 0.917. The van der Waals surface area contributed by atoms with Crippen LogP contribution in [0.1, 0.15) is 32.6 Å². The van der Waals surface area contributed by atoms with Gasteiger partial charge < -0.3 is 15.4 Å². The molecule has 0 bridgehead atoms. The summed E-state index contributed by atoms with van der Waals surface area (Å²) in [5, 5.41) is 0. The van der Waals surface area contributed by atoms with E-state index in [4.69, 9.17) is 10.5 Å². The molecule has 16 heavy (non-hydrogen) atoms. The average molecular weight is 226 g/mol. The molecule has 0 spiro atoms. The Labute approximate surface area is 97.1 Å². The minimum atomic E-state index is -0.329. The van der Waals surface area contributed by atoms with Gasteiger partial charge in [-0.15, -0.1) is 0 Å². The smallest absolute Gasteiger partial charge is 0.230 e. The van der Waals surface area contributed by atoms with Gasteiger partial charge in [0, 0.05) is 25.7 Å². The molecule has 1 heterocycles. The lowest BCUT2D eigenvalue weighted by molar-refractivity contribution is -0.141. The highest BCUT2D eigenvalue weighted by Gasteiger charge is 2.44. The van der Waals surface area contributed by atoms with E-state index in [-0.39, 0.29) is 17.4 Å². The molecule has 1 saturated carbocycles. The Morgan fingerprint density at radius 3 is 2.88 bits per heavy atom. The first-order valence-corrected chi connectivity index (χ1v) is 6.27. The highest BCUT2D eigenvalue weighted by atomic mass is 16.5. The molecule has 0 radical (unpaired) electrons. The lowest BCUT2D eigenvalue weighted by Gasteiger charge is -2.33. The minimum absolute atomic E-state index is 0.0316. The molecule has 1 saturated heterocycles. The van der Waals surface area contributed by atoms with Crippen molar-refractivity contribution in [3.8, 4) is 0 Å². The highest BCUT2D eigenvalue weighted by Crippen LogP contribution is 2.38. The van der Waals surface area contributed by atoms with Gasteiger partial charge in [0.05, 0.1) is 12.0 Å². The number of carbonyl (C=O) groups is 1. The minimum Gasteiger partial charge on any atom is -0.380 e. The number of ether oxygens (including phenoxy) is 1. The van der Waals surface area contributed by atoms with Crippen molar-refractivity contribution in [2.24, 2.45) is 11.1 Å². The second-order valence-corrected chi connectivity index (χ2v) is 5.17. The van der Waals surface area contributed by atoms with Crippen LogP contribution in [0, 0.1) is 5.41 Å².